The number of pyridine rings is 2. The van der Waals surface area contributed by atoms with Gasteiger partial charge in [0, 0.05) is 47.4 Å². The molecule has 0 bridgehead atoms. The van der Waals surface area contributed by atoms with E-state index in [-0.39, 0.29) is 6.61 Å². The molecule has 128 valence electrons. The van der Waals surface area contributed by atoms with E-state index < -0.39 is 0 Å². The SMILES string of the molecule is OCCCNc1cnccc1-c1ccncc1Nc1cccc(Cl)c1. The highest BCUT2D eigenvalue weighted by molar-refractivity contribution is 6.30. The first-order chi connectivity index (χ1) is 12.3. The number of aliphatic hydroxyl groups excluding tert-OH is 1. The van der Waals surface area contributed by atoms with Gasteiger partial charge in [-0.05, 0) is 36.8 Å². The summed E-state index contributed by atoms with van der Waals surface area (Å²) in [5.41, 5.74) is 4.70. The molecule has 0 radical (unpaired) electrons. The monoisotopic (exact) mass is 354 g/mol. The van der Waals surface area contributed by atoms with E-state index in [0.29, 0.717) is 18.0 Å². The van der Waals surface area contributed by atoms with Gasteiger partial charge in [0.1, 0.15) is 0 Å². The fourth-order valence-corrected chi connectivity index (χ4v) is 2.71. The van der Waals surface area contributed by atoms with Gasteiger partial charge in [-0.3, -0.25) is 9.97 Å². The summed E-state index contributed by atoms with van der Waals surface area (Å²) < 4.78 is 0. The number of nitrogens with zero attached hydrogens (tertiary/aromatic N) is 2. The summed E-state index contributed by atoms with van der Waals surface area (Å²) in [4.78, 5) is 8.43. The third-order valence-electron chi connectivity index (χ3n) is 3.69. The van der Waals surface area contributed by atoms with Gasteiger partial charge in [0.2, 0.25) is 0 Å². The molecule has 0 aliphatic rings. The molecule has 0 atom stereocenters. The van der Waals surface area contributed by atoms with Crippen LogP contribution < -0.4 is 10.6 Å². The van der Waals surface area contributed by atoms with Gasteiger partial charge in [0.25, 0.3) is 0 Å². The molecule has 2 heterocycles. The average Bonchev–Trinajstić information content (AvgIpc) is 2.63. The maximum Gasteiger partial charge on any atom is 0.0651 e. The standard InChI is InChI=1S/C19H19ClN4O/c20-14-3-1-4-15(11-14)24-19-13-22-9-6-17(19)16-5-8-21-12-18(16)23-7-2-10-25/h1,3-6,8-9,11-13,23-25H,2,7,10H2. The third kappa shape index (κ3) is 4.47. The average molecular weight is 355 g/mol. The van der Waals surface area contributed by atoms with Crippen LogP contribution in [0.2, 0.25) is 5.02 Å². The number of hydrogen-bond donors (Lipinski definition) is 3. The maximum absolute atomic E-state index is 8.98. The van der Waals surface area contributed by atoms with E-state index in [1.54, 1.807) is 24.8 Å². The second kappa shape index (κ2) is 8.46. The number of nitrogens with one attached hydrogen (secondary N) is 2. The Balaban J connectivity index is 1.93. The van der Waals surface area contributed by atoms with Crippen molar-refractivity contribution in [1.82, 2.24) is 9.97 Å². The molecule has 0 spiro atoms. The Kier molecular flexibility index (Phi) is 5.82. The zero-order valence-corrected chi connectivity index (χ0v) is 14.4. The van der Waals surface area contributed by atoms with Crippen molar-refractivity contribution < 1.29 is 5.11 Å². The van der Waals surface area contributed by atoms with Gasteiger partial charge in [-0.25, -0.2) is 0 Å². The van der Waals surface area contributed by atoms with Crippen LogP contribution in [0.15, 0.2) is 61.2 Å². The zero-order chi connectivity index (χ0) is 17.5. The van der Waals surface area contributed by atoms with Crippen LogP contribution in [0.4, 0.5) is 17.1 Å². The first-order valence-corrected chi connectivity index (χ1v) is 8.41. The molecule has 0 unspecified atom stereocenters. The van der Waals surface area contributed by atoms with Crippen LogP contribution in [-0.2, 0) is 0 Å². The van der Waals surface area contributed by atoms with Crippen molar-refractivity contribution in [2.24, 2.45) is 0 Å². The number of rotatable bonds is 7. The second-order valence-electron chi connectivity index (χ2n) is 5.48. The molecule has 0 aliphatic carbocycles. The van der Waals surface area contributed by atoms with Crippen molar-refractivity contribution in [3.63, 3.8) is 0 Å². The lowest BCUT2D eigenvalue weighted by Crippen LogP contribution is -2.05. The highest BCUT2D eigenvalue weighted by Crippen LogP contribution is 2.34. The van der Waals surface area contributed by atoms with Gasteiger partial charge in [-0.2, -0.15) is 0 Å². The lowest BCUT2D eigenvalue weighted by molar-refractivity contribution is 0.292. The fraction of sp³-hybridized carbons (Fsp3) is 0.158. The molecule has 3 N–H and O–H groups in total. The van der Waals surface area contributed by atoms with E-state index in [2.05, 4.69) is 20.6 Å². The minimum Gasteiger partial charge on any atom is -0.396 e. The smallest absolute Gasteiger partial charge is 0.0651 e. The summed E-state index contributed by atoms with van der Waals surface area (Å²) in [6.07, 6.45) is 7.77. The van der Waals surface area contributed by atoms with Gasteiger partial charge in [0.05, 0.1) is 23.8 Å². The minimum absolute atomic E-state index is 0.152. The van der Waals surface area contributed by atoms with Crippen molar-refractivity contribution in [1.29, 1.82) is 0 Å². The molecule has 6 heteroatoms. The molecule has 0 aliphatic heterocycles. The van der Waals surface area contributed by atoms with Crippen molar-refractivity contribution in [3.8, 4) is 11.1 Å². The number of hydrogen-bond acceptors (Lipinski definition) is 5. The molecule has 2 aromatic heterocycles. The van der Waals surface area contributed by atoms with E-state index >= 15 is 0 Å². The molecule has 25 heavy (non-hydrogen) atoms. The largest absolute Gasteiger partial charge is 0.396 e. The predicted octanol–water partition coefficient (Wildman–Crippen LogP) is 4.33. The quantitative estimate of drug-likeness (QED) is 0.551. The Hall–Kier alpha value is -2.63. The summed E-state index contributed by atoms with van der Waals surface area (Å²) in [6, 6.07) is 11.5. The van der Waals surface area contributed by atoms with E-state index in [1.807, 2.05) is 36.4 Å². The maximum atomic E-state index is 8.98. The van der Waals surface area contributed by atoms with Crippen LogP contribution in [0, 0.1) is 0 Å². The lowest BCUT2D eigenvalue weighted by atomic mass is 10.0. The van der Waals surface area contributed by atoms with Gasteiger partial charge < -0.3 is 15.7 Å². The third-order valence-corrected chi connectivity index (χ3v) is 3.92. The van der Waals surface area contributed by atoms with Crippen LogP contribution in [0.5, 0.6) is 0 Å². The summed E-state index contributed by atoms with van der Waals surface area (Å²) >= 11 is 6.07. The topological polar surface area (TPSA) is 70.1 Å². The number of anilines is 3. The van der Waals surface area contributed by atoms with Crippen LogP contribution in [0.25, 0.3) is 11.1 Å². The van der Waals surface area contributed by atoms with Crippen LogP contribution >= 0.6 is 11.6 Å². The van der Waals surface area contributed by atoms with E-state index in [9.17, 15) is 0 Å². The Morgan fingerprint density at radius 3 is 2.40 bits per heavy atom. The summed E-state index contributed by atoms with van der Waals surface area (Å²) in [6.45, 7) is 0.830. The molecule has 1 aromatic carbocycles. The molecule has 0 amide bonds. The van der Waals surface area contributed by atoms with E-state index in [4.69, 9.17) is 16.7 Å². The Morgan fingerprint density at radius 2 is 1.68 bits per heavy atom. The number of halogens is 1. The minimum atomic E-state index is 0.152. The highest BCUT2D eigenvalue weighted by Gasteiger charge is 2.10. The van der Waals surface area contributed by atoms with Gasteiger partial charge in [-0.1, -0.05) is 17.7 Å². The van der Waals surface area contributed by atoms with E-state index in [0.717, 1.165) is 28.2 Å². The summed E-state index contributed by atoms with van der Waals surface area (Å²) in [5.74, 6) is 0. The van der Waals surface area contributed by atoms with Crippen molar-refractivity contribution >= 4 is 28.7 Å². The Labute approximate surface area is 151 Å². The van der Waals surface area contributed by atoms with Gasteiger partial charge in [0.15, 0.2) is 0 Å². The zero-order valence-electron chi connectivity index (χ0n) is 13.6. The van der Waals surface area contributed by atoms with E-state index in [1.165, 1.54) is 0 Å². The fourth-order valence-electron chi connectivity index (χ4n) is 2.52. The van der Waals surface area contributed by atoms with Crippen LogP contribution in [-0.4, -0.2) is 28.2 Å². The molecular formula is C19H19ClN4O. The number of benzene rings is 1. The lowest BCUT2D eigenvalue weighted by Gasteiger charge is -2.15. The molecule has 3 rings (SSSR count). The van der Waals surface area contributed by atoms with Gasteiger partial charge >= 0.3 is 0 Å². The molecule has 3 aromatic rings. The number of aliphatic hydroxyl groups is 1. The highest BCUT2D eigenvalue weighted by atomic mass is 35.5. The molecule has 0 saturated heterocycles. The van der Waals surface area contributed by atoms with Crippen LogP contribution in [0.1, 0.15) is 6.42 Å². The normalized spacial score (nSPS) is 10.5. The predicted molar refractivity (Wildman–Crippen MR) is 102 cm³/mol. The summed E-state index contributed by atoms with van der Waals surface area (Å²) in [5, 5.41) is 16.3. The van der Waals surface area contributed by atoms with Crippen molar-refractivity contribution in [2.45, 2.75) is 6.42 Å². The second-order valence-corrected chi connectivity index (χ2v) is 5.92. The number of aromatic nitrogens is 2. The summed E-state index contributed by atoms with van der Waals surface area (Å²) in [7, 11) is 0. The molecule has 0 saturated carbocycles. The first-order valence-electron chi connectivity index (χ1n) is 8.03. The van der Waals surface area contributed by atoms with Crippen molar-refractivity contribution in [3.05, 3.63) is 66.2 Å². The Morgan fingerprint density at radius 1 is 0.960 bits per heavy atom. The van der Waals surface area contributed by atoms with Crippen molar-refractivity contribution in [2.75, 3.05) is 23.8 Å². The molecule has 5 nitrogen and oxygen atoms in total. The van der Waals surface area contributed by atoms with Gasteiger partial charge in [-0.15, -0.1) is 0 Å². The van der Waals surface area contributed by atoms with Crippen LogP contribution in [0.3, 0.4) is 0 Å². The molecular weight excluding hydrogens is 336 g/mol. The molecule has 0 fully saturated rings. The Bertz CT molecular complexity index is 841. The first kappa shape index (κ1) is 17.2.